The van der Waals surface area contributed by atoms with Gasteiger partial charge in [0.2, 0.25) is 0 Å². The standard InChI is InChI=1S/C15H25NO2/c1-10-7-14(18-6)12(3)11(2)13(10)8-16-15(4,5)9-17/h7,16-17H,8-9H2,1-6H3. The predicted molar refractivity (Wildman–Crippen MR) is 75.2 cm³/mol. The van der Waals surface area contributed by atoms with Crippen molar-refractivity contribution in [3.05, 3.63) is 28.3 Å². The highest BCUT2D eigenvalue weighted by Crippen LogP contribution is 2.27. The van der Waals surface area contributed by atoms with Crippen LogP contribution in [0.3, 0.4) is 0 Å². The molecule has 0 aromatic heterocycles. The number of aliphatic hydroxyl groups is 1. The molecule has 3 heteroatoms. The second-order valence-corrected chi connectivity index (χ2v) is 5.52. The van der Waals surface area contributed by atoms with Gasteiger partial charge in [0.15, 0.2) is 0 Å². The van der Waals surface area contributed by atoms with Gasteiger partial charge in [0.25, 0.3) is 0 Å². The third-order valence-electron chi connectivity index (χ3n) is 3.57. The van der Waals surface area contributed by atoms with E-state index in [9.17, 15) is 5.11 Å². The maximum Gasteiger partial charge on any atom is 0.122 e. The number of hydrogen-bond donors (Lipinski definition) is 2. The van der Waals surface area contributed by atoms with E-state index in [1.54, 1.807) is 7.11 Å². The van der Waals surface area contributed by atoms with E-state index in [1.165, 1.54) is 22.3 Å². The lowest BCUT2D eigenvalue weighted by Gasteiger charge is -2.25. The number of aryl methyl sites for hydroxylation is 1. The van der Waals surface area contributed by atoms with Gasteiger partial charge in [-0.25, -0.2) is 0 Å². The first-order chi connectivity index (χ1) is 8.32. The molecule has 2 N–H and O–H groups in total. The van der Waals surface area contributed by atoms with Crippen LogP contribution in [0.1, 0.15) is 36.1 Å². The first kappa shape index (κ1) is 15.0. The molecule has 0 aliphatic heterocycles. The van der Waals surface area contributed by atoms with E-state index in [-0.39, 0.29) is 12.1 Å². The zero-order valence-electron chi connectivity index (χ0n) is 12.3. The van der Waals surface area contributed by atoms with Crippen LogP contribution in [0.2, 0.25) is 0 Å². The molecule has 102 valence electrons. The molecule has 0 aliphatic carbocycles. The Morgan fingerprint density at radius 1 is 1.22 bits per heavy atom. The van der Waals surface area contributed by atoms with E-state index >= 15 is 0 Å². The number of benzene rings is 1. The molecular formula is C15H25NO2. The van der Waals surface area contributed by atoms with Gasteiger partial charge in [-0.2, -0.15) is 0 Å². The van der Waals surface area contributed by atoms with Gasteiger partial charge >= 0.3 is 0 Å². The van der Waals surface area contributed by atoms with Crippen LogP contribution < -0.4 is 10.1 Å². The minimum atomic E-state index is -0.257. The molecule has 1 rings (SSSR count). The fourth-order valence-electron chi connectivity index (χ4n) is 1.97. The summed E-state index contributed by atoms with van der Waals surface area (Å²) in [5.74, 6) is 0.940. The minimum Gasteiger partial charge on any atom is -0.496 e. The van der Waals surface area contributed by atoms with Crippen molar-refractivity contribution in [3.63, 3.8) is 0 Å². The van der Waals surface area contributed by atoms with Crippen molar-refractivity contribution in [2.24, 2.45) is 0 Å². The van der Waals surface area contributed by atoms with Crippen LogP contribution in [0.5, 0.6) is 5.75 Å². The predicted octanol–water partition coefficient (Wildman–Crippen LogP) is 2.48. The van der Waals surface area contributed by atoms with Crippen molar-refractivity contribution >= 4 is 0 Å². The Kier molecular flexibility index (Phi) is 4.77. The summed E-state index contributed by atoms with van der Waals surface area (Å²) in [4.78, 5) is 0. The highest BCUT2D eigenvalue weighted by molar-refractivity contribution is 5.48. The fraction of sp³-hybridized carbons (Fsp3) is 0.600. The molecule has 1 aromatic carbocycles. The number of nitrogens with one attached hydrogen (secondary N) is 1. The summed E-state index contributed by atoms with van der Waals surface area (Å²) in [6.07, 6.45) is 0. The Hall–Kier alpha value is -1.06. The van der Waals surface area contributed by atoms with Crippen LogP contribution in [0.4, 0.5) is 0 Å². The lowest BCUT2D eigenvalue weighted by Crippen LogP contribution is -2.42. The Morgan fingerprint density at radius 3 is 2.33 bits per heavy atom. The van der Waals surface area contributed by atoms with Crippen molar-refractivity contribution in [1.82, 2.24) is 5.32 Å². The quantitative estimate of drug-likeness (QED) is 0.845. The zero-order valence-corrected chi connectivity index (χ0v) is 12.3. The van der Waals surface area contributed by atoms with Gasteiger partial charge in [-0.05, 0) is 62.9 Å². The van der Waals surface area contributed by atoms with Crippen LogP contribution in [-0.2, 0) is 6.54 Å². The molecular weight excluding hydrogens is 226 g/mol. The van der Waals surface area contributed by atoms with Crippen molar-refractivity contribution in [2.75, 3.05) is 13.7 Å². The molecule has 0 amide bonds. The molecule has 0 fully saturated rings. The van der Waals surface area contributed by atoms with Crippen molar-refractivity contribution in [1.29, 1.82) is 0 Å². The summed E-state index contributed by atoms with van der Waals surface area (Å²) < 4.78 is 5.37. The number of aliphatic hydroxyl groups excluding tert-OH is 1. The highest BCUT2D eigenvalue weighted by Gasteiger charge is 2.17. The Labute approximate surface area is 110 Å². The minimum absolute atomic E-state index is 0.125. The molecule has 3 nitrogen and oxygen atoms in total. The molecule has 0 unspecified atom stereocenters. The normalized spacial score (nSPS) is 11.7. The molecule has 1 aromatic rings. The van der Waals surface area contributed by atoms with E-state index in [2.05, 4.69) is 32.2 Å². The summed E-state index contributed by atoms with van der Waals surface area (Å²) in [5.41, 5.74) is 4.69. The highest BCUT2D eigenvalue weighted by atomic mass is 16.5. The molecule has 18 heavy (non-hydrogen) atoms. The fourth-order valence-corrected chi connectivity index (χ4v) is 1.97. The molecule has 0 saturated heterocycles. The molecule has 0 aliphatic rings. The summed E-state index contributed by atoms with van der Waals surface area (Å²) in [7, 11) is 1.70. The zero-order chi connectivity index (χ0) is 13.9. The van der Waals surface area contributed by atoms with Gasteiger partial charge in [-0.3, -0.25) is 0 Å². The van der Waals surface area contributed by atoms with Gasteiger partial charge in [0.05, 0.1) is 13.7 Å². The smallest absolute Gasteiger partial charge is 0.122 e. The van der Waals surface area contributed by atoms with E-state index in [0.29, 0.717) is 0 Å². The number of ether oxygens (including phenoxy) is 1. The summed E-state index contributed by atoms with van der Waals surface area (Å²) >= 11 is 0. The molecule has 0 heterocycles. The number of methoxy groups -OCH3 is 1. The van der Waals surface area contributed by atoms with E-state index in [4.69, 9.17) is 4.74 Å². The van der Waals surface area contributed by atoms with E-state index in [0.717, 1.165) is 12.3 Å². The first-order valence-electron chi connectivity index (χ1n) is 6.32. The lowest BCUT2D eigenvalue weighted by molar-refractivity contribution is 0.187. The average molecular weight is 251 g/mol. The van der Waals surface area contributed by atoms with Gasteiger partial charge in [-0.1, -0.05) is 0 Å². The van der Waals surface area contributed by atoms with Crippen LogP contribution in [0.25, 0.3) is 0 Å². The van der Waals surface area contributed by atoms with Gasteiger partial charge in [-0.15, -0.1) is 0 Å². The second kappa shape index (κ2) is 5.72. The molecule has 0 bridgehead atoms. The monoisotopic (exact) mass is 251 g/mol. The molecule has 0 radical (unpaired) electrons. The number of hydrogen-bond acceptors (Lipinski definition) is 3. The molecule has 0 saturated carbocycles. The van der Waals surface area contributed by atoms with Gasteiger partial charge in [0.1, 0.15) is 5.75 Å². The first-order valence-corrected chi connectivity index (χ1v) is 6.32. The SMILES string of the molecule is COc1cc(C)c(CNC(C)(C)CO)c(C)c1C. The van der Waals surface area contributed by atoms with Crippen LogP contribution in [0, 0.1) is 20.8 Å². The van der Waals surface area contributed by atoms with Gasteiger partial charge in [0, 0.05) is 12.1 Å². The second-order valence-electron chi connectivity index (χ2n) is 5.52. The van der Waals surface area contributed by atoms with Crippen molar-refractivity contribution in [2.45, 2.75) is 46.7 Å². The summed E-state index contributed by atoms with van der Waals surface area (Å²) in [6, 6.07) is 2.07. The third kappa shape index (κ3) is 3.24. The van der Waals surface area contributed by atoms with E-state index < -0.39 is 0 Å². The van der Waals surface area contributed by atoms with Crippen LogP contribution in [0.15, 0.2) is 6.07 Å². The summed E-state index contributed by atoms with van der Waals surface area (Å²) in [5, 5.41) is 12.6. The van der Waals surface area contributed by atoms with Crippen LogP contribution >= 0.6 is 0 Å². The van der Waals surface area contributed by atoms with Crippen molar-refractivity contribution < 1.29 is 9.84 Å². The Bertz CT molecular complexity index is 425. The molecule has 0 spiro atoms. The maximum absolute atomic E-state index is 9.26. The Balaban J connectivity index is 3.00. The van der Waals surface area contributed by atoms with Crippen molar-refractivity contribution in [3.8, 4) is 5.75 Å². The maximum atomic E-state index is 9.26. The van der Waals surface area contributed by atoms with Gasteiger partial charge < -0.3 is 15.2 Å². The topological polar surface area (TPSA) is 41.5 Å². The third-order valence-corrected chi connectivity index (χ3v) is 3.57. The average Bonchev–Trinajstić information content (AvgIpc) is 2.33. The Morgan fingerprint density at radius 2 is 1.83 bits per heavy atom. The molecule has 0 atom stereocenters. The summed E-state index contributed by atoms with van der Waals surface area (Å²) in [6.45, 7) is 11.2. The van der Waals surface area contributed by atoms with Crippen LogP contribution in [-0.4, -0.2) is 24.4 Å². The van der Waals surface area contributed by atoms with E-state index in [1.807, 2.05) is 13.8 Å². The number of rotatable bonds is 5. The largest absolute Gasteiger partial charge is 0.496 e. The lowest BCUT2D eigenvalue weighted by atomic mass is 9.96.